The molecule has 0 aliphatic carbocycles. The lowest BCUT2D eigenvalue weighted by Gasteiger charge is -2.19. The van der Waals surface area contributed by atoms with Crippen molar-refractivity contribution in [2.45, 2.75) is 12.5 Å². The van der Waals surface area contributed by atoms with Gasteiger partial charge < -0.3 is 15.0 Å². The number of carbonyl (C=O) groups is 1. The molecule has 4 nitrogen and oxygen atoms in total. The van der Waals surface area contributed by atoms with E-state index in [9.17, 15) is 9.90 Å². The predicted octanol–water partition coefficient (Wildman–Crippen LogP) is 4.47. The Balaban J connectivity index is 1.77. The molecule has 0 spiro atoms. The van der Waals surface area contributed by atoms with Gasteiger partial charge in [-0.05, 0) is 54.1 Å². The first-order chi connectivity index (χ1) is 11.6. The smallest absolute Gasteiger partial charge is 0.226 e. The fourth-order valence-electron chi connectivity index (χ4n) is 2.57. The molecule has 0 aliphatic heterocycles. The normalized spacial score (nSPS) is 11.9. The van der Waals surface area contributed by atoms with Crippen LogP contribution in [0.2, 0.25) is 5.02 Å². The van der Waals surface area contributed by atoms with Crippen LogP contribution in [0.3, 0.4) is 0 Å². The molecule has 0 saturated carbocycles. The Kier molecular flexibility index (Phi) is 4.87. The number of anilines is 1. The maximum Gasteiger partial charge on any atom is 0.226 e. The second-order valence-electron chi connectivity index (χ2n) is 5.50. The average molecular weight is 341 g/mol. The second kappa shape index (κ2) is 7.23. The molecule has 24 heavy (non-hydrogen) atoms. The summed E-state index contributed by atoms with van der Waals surface area (Å²) in [6, 6.07) is 17.7. The van der Waals surface area contributed by atoms with Gasteiger partial charge in [0.2, 0.25) is 5.91 Å². The van der Waals surface area contributed by atoms with Crippen LogP contribution in [-0.4, -0.2) is 15.6 Å². The lowest BCUT2D eigenvalue weighted by atomic mass is 10.0. The minimum Gasteiger partial charge on any atom is -0.508 e. The van der Waals surface area contributed by atoms with Crippen molar-refractivity contribution in [3.8, 4) is 5.75 Å². The molecule has 0 unspecified atom stereocenters. The molecule has 0 aliphatic rings. The maximum atomic E-state index is 12.4. The number of aromatic nitrogens is 1. The van der Waals surface area contributed by atoms with Crippen molar-refractivity contribution in [1.82, 2.24) is 4.57 Å². The zero-order valence-corrected chi connectivity index (χ0v) is 13.6. The number of hydrogen-bond donors (Lipinski definition) is 2. The summed E-state index contributed by atoms with van der Waals surface area (Å²) < 4.78 is 2.00. The maximum absolute atomic E-state index is 12.4. The number of aromatic hydroxyl groups is 1. The molecule has 0 fully saturated rings. The summed E-state index contributed by atoms with van der Waals surface area (Å²) in [7, 11) is 0. The number of phenols is 1. The number of amides is 1. The molecule has 2 aromatic carbocycles. The number of halogens is 1. The fourth-order valence-corrected chi connectivity index (χ4v) is 2.69. The molecule has 1 amide bonds. The first-order valence-electron chi connectivity index (χ1n) is 7.58. The standard InChI is InChI=1S/C19H17ClN2O2/c20-15-5-3-14(4-6-15)18(22-11-1-2-12-22)13-19(24)21-16-7-9-17(23)10-8-16/h1-12,18,23H,13H2,(H,21,24)/t18-/m1/s1. The van der Waals surface area contributed by atoms with Crippen LogP contribution in [0.5, 0.6) is 5.75 Å². The first-order valence-corrected chi connectivity index (χ1v) is 7.96. The van der Waals surface area contributed by atoms with Crippen molar-refractivity contribution in [3.05, 3.63) is 83.6 Å². The Labute approximate surface area is 145 Å². The summed E-state index contributed by atoms with van der Waals surface area (Å²) in [6.45, 7) is 0. The number of hydrogen-bond acceptors (Lipinski definition) is 2. The average Bonchev–Trinajstić information content (AvgIpc) is 3.10. The van der Waals surface area contributed by atoms with Gasteiger partial charge >= 0.3 is 0 Å². The van der Waals surface area contributed by atoms with Crippen LogP contribution in [0.1, 0.15) is 18.0 Å². The number of carbonyl (C=O) groups excluding carboxylic acids is 1. The molecular weight excluding hydrogens is 324 g/mol. The van der Waals surface area contributed by atoms with Crippen LogP contribution >= 0.6 is 11.6 Å². The van der Waals surface area contributed by atoms with Crippen molar-refractivity contribution in [3.63, 3.8) is 0 Å². The van der Waals surface area contributed by atoms with Crippen molar-refractivity contribution in [1.29, 1.82) is 0 Å². The lowest BCUT2D eigenvalue weighted by Crippen LogP contribution is -2.19. The van der Waals surface area contributed by atoms with Crippen LogP contribution in [0.4, 0.5) is 5.69 Å². The van der Waals surface area contributed by atoms with Crippen molar-refractivity contribution in [2.24, 2.45) is 0 Å². The van der Waals surface area contributed by atoms with Gasteiger partial charge in [-0.3, -0.25) is 4.79 Å². The van der Waals surface area contributed by atoms with E-state index in [-0.39, 0.29) is 24.1 Å². The van der Waals surface area contributed by atoms with Gasteiger partial charge in [0.25, 0.3) is 0 Å². The third-order valence-corrected chi connectivity index (χ3v) is 4.02. The van der Waals surface area contributed by atoms with Gasteiger partial charge in [0.1, 0.15) is 5.75 Å². The number of rotatable bonds is 5. The zero-order chi connectivity index (χ0) is 16.9. The van der Waals surface area contributed by atoms with Crippen LogP contribution in [0, 0.1) is 0 Å². The minimum atomic E-state index is -0.116. The van der Waals surface area contributed by atoms with E-state index in [1.54, 1.807) is 12.1 Å². The lowest BCUT2D eigenvalue weighted by molar-refractivity contribution is -0.116. The van der Waals surface area contributed by atoms with E-state index in [1.165, 1.54) is 12.1 Å². The van der Waals surface area contributed by atoms with Gasteiger partial charge in [-0.2, -0.15) is 0 Å². The summed E-state index contributed by atoms with van der Waals surface area (Å²) in [5, 5.41) is 12.8. The molecule has 0 saturated heterocycles. The third kappa shape index (κ3) is 3.97. The van der Waals surface area contributed by atoms with Gasteiger partial charge in [-0.15, -0.1) is 0 Å². The number of phenolic OH excluding ortho intramolecular Hbond substituents is 1. The minimum absolute atomic E-state index is 0.102. The largest absolute Gasteiger partial charge is 0.508 e. The highest BCUT2D eigenvalue weighted by molar-refractivity contribution is 6.30. The highest BCUT2D eigenvalue weighted by Crippen LogP contribution is 2.25. The molecule has 1 aromatic heterocycles. The molecule has 3 rings (SSSR count). The van der Waals surface area contributed by atoms with Gasteiger partial charge in [0.05, 0.1) is 12.5 Å². The monoisotopic (exact) mass is 340 g/mol. The van der Waals surface area contributed by atoms with Crippen molar-refractivity contribution >= 4 is 23.2 Å². The SMILES string of the molecule is O=C(C[C@H](c1ccc(Cl)cc1)n1cccc1)Nc1ccc(O)cc1. The summed E-state index contributed by atoms with van der Waals surface area (Å²) >= 11 is 5.96. The topological polar surface area (TPSA) is 54.3 Å². The van der Waals surface area contributed by atoms with E-state index >= 15 is 0 Å². The molecule has 1 atom stereocenters. The first kappa shape index (κ1) is 16.1. The van der Waals surface area contributed by atoms with Gasteiger partial charge in [-0.1, -0.05) is 23.7 Å². The number of nitrogens with zero attached hydrogens (tertiary/aromatic N) is 1. The highest BCUT2D eigenvalue weighted by Gasteiger charge is 2.17. The molecule has 3 aromatic rings. The van der Waals surface area contributed by atoms with Crippen LogP contribution in [0.15, 0.2) is 73.1 Å². The predicted molar refractivity (Wildman–Crippen MR) is 95.4 cm³/mol. The number of benzene rings is 2. The van der Waals surface area contributed by atoms with E-state index in [0.717, 1.165) is 5.56 Å². The molecular formula is C19H17ClN2O2. The van der Waals surface area contributed by atoms with E-state index in [0.29, 0.717) is 10.7 Å². The van der Waals surface area contributed by atoms with Crippen LogP contribution < -0.4 is 5.32 Å². The Morgan fingerprint density at radius 2 is 1.67 bits per heavy atom. The molecule has 122 valence electrons. The van der Waals surface area contributed by atoms with Gasteiger partial charge in [0, 0.05) is 23.1 Å². The Hall–Kier alpha value is -2.72. The summed E-state index contributed by atoms with van der Waals surface area (Å²) in [6.07, 6.45) is 4.16. The van der Waals surface area contributed by atoms with E-state index in [1.807, 2.05) is 53.4 Å². The van der Waals surface area contributed by atoms with E-state index in [2.05, 4.69) is 5.32 Å². The zero-order valence-electron chi connectivity index (χ0n) is 12.9. The molecule has 2 N–H and O–H groups in total. The van der Waals surface area contributed by atoms with Crippen LogP contribution in [0.25, 0.3) is 0 Å². The highest BCUT2D eigenvalue weighted by atomic mass is 35.5. The third-order valence-electron chi connectivity index (χ3n) is 3.77. The van der Waals surface area contributed by atoms with E-state index < -0.39 is 0 Å². The quantitative estimate of drug-likeness (QED) is 0.673. The Morgan fingerprint density at radius 1 is 1.04 bits per heavy atom. The van der Waals surface area contributed by atoms with Crippen molar-refractivity contribution in [2.75, 3.05) is 5.32 Å². The van der Waals surface area contributed by atoms with Crippen molar-refractivity contribution < 1.29 is 9.90 Å². The van der Waals surface area contributed by atoms with Gasteiger partial charge in [0.15, 0.2) is 0 Å². The molecule has 0 radical (unpaired) electrons. The Morgan fingerprint density at radius 3 is 2.29 bits per heavy atom. The molecule has 0 bridgehead atoms. The molecule has 1 heterocycles. The summed E-state index contributed by atoms with van der Waals surface area (Å²) in [5.41, 5.74) is 1.66. The fraction of sp³-hybridized carbons (Fsp3) is 0.105. The number of nitrogens with one attached hydrogen (secondary N) is 1. The van der Waals surface area contributed by atoms with Gasteiger partial charge in [-0.25, -0.2) is 0 Å². The second-order valence-corrected chi connectivity index (χ2v) is 5.93. The summed E-state index contributed by atoms with van der Waals surface area (Å²) in [5.74, 6) is 0.0636. The van der Waals surface area contributed by atoms with E-state index in [4.69, 9.17) is 11.6 Å². The molecule has 5 heteroatoms. The Bertz CT molecular complexity index is 796. The summed E-state index contributed by atoms with van der Waals surface area (Å²) in [4.78, 5) is 12.4. The van der Waals surface area contributed by atoms with Crippen LogP contribution in [-0.2, 0) is 4.79 Å².